The van der Waals surface area contributed by atoms with Gasteiger partial charge in [-0.2, -0.15) is 5.26 Å². The van der Waals surface area contributed by atoms with Crippen LogP contribution in [0.4, 0.5) is 5.69 Å². The third kappa shape index (κ3) is 4.22. The molecule has 1 aromatic heterocycles. The maximum Gasteiger partial charge on any atom is 0.234 e. The maximum atomic E-state index is 12.3. The second-order valence-corrected chi connectivity index (χ2v) is 7.33. The van der Waals surface area contributed by atoms with Crippen LogP contribution >= 0.6 is 11.8 Å². The number of thioether (sulfide) groups is 1. The fourth-order valence-corrected chi connectivity index (χ4v) is 3.59. The fraction of sp³-hybridized carbons (Fsp3) is 0.190. The van der Waals surface area contributed by atoms with Gasteiger partial charge in [0.15, 0.2) is 0 Å². The molecule has 0 fully saturated rings. The number of carbonyl (C=O) groups excluding carboxylic acids is 1. The van der Waals surface area contributed by atoms with E-state index in [1.54, 1.807) is 0 Å². The van der Waals surface area contributed by atoms with Crippen LogP contribution in [0.3, 0.4) is 0 Å². The summed E-state index contributed by atoms with van der Waals surface area (Å²) in [5.41, 5.74) is 5.43. The quantitative estimate of drug-likeness (QED) is 0.680. The lowest BCUT2D eigenvalue weighted by atomic mass is 10.1. The van der Waals surface area contributed by atoms with Crippen molar-refractivity contribution in [3.63, 3.8) is 0 Å². The largest absolute Gasteiger partial charge is 0.325 e. The molecule has 1 amide bonds. The molecule has 0 radical (unpaired) electrons. The third-order valence-electron chi connectivity index (χ3n) is 3.90. The summed E-state index contributed by atoms with van der Waals surface area (Å²) in [7, 11) is 0. The number of nitrogens with zero attached hydrogens (tertiary/aromatic N) is 2. The van der Waals surface area contributed by atoms with E-state index in [9.17, 15) is 10.1 Å². The van der Waals surface area contributed by atoms with Crippen molar-refractivity contribution in [3.8, 4) is 6.07 Å². The van der Waals surface area contributed by atoms with Crippen molar-refractivity contribution < 1.29 is 4.79 Å². The Bertz CT molecular complexity index is 1020. The average molecular weight is 361 g/mol. The number of carbonyl (C=O) groups is 1. The summed E-state index contributed by atoms with van der Waals surface area (Å²) < 4.78 is 0. The zero-order chi connectivity index (χ0) is 18.7. The van der Waals surface area contributed by atoms with E-state index in [-0.39, 0.29) is 11.7 Å². The zero-order valence-corrected chi connectivity index (χ0v) is 15.8. The Hall–Kier alpha value is -2.84. The first kappa shape index (κ1) is 18.0. The van der Waals surface area contributed by atoms with Crippen molar-refractivity contribution in [2.45, 2.75) is 25.8 Å². The van der Waals surface area contributed by atoms with E-state index in [2.05, 4.69) is 22.4 Å². The monoisotopic (exact) mass is 361 g/mol. The van der Waals surface area contributed by atoms with Gasteiger partial charge in [0.1, 0.15) is 11.1 Å². The van der Waals surface area contributed by atoms with Crippen LogP contribution < -0.4 is 5.32 Å². The summed E-state index contributed by atoms with van der Waals surface area (Å²) in [4.78, 5) is 16.9. The van der Waals surface area contributed by atoms with Crippen LogP contribution in [-0.2, 0) is 4.79 Å². The highest BCUT2D eigenvalue weighted by atomic mass is 32.2. The molecular formula is C21H19N3OS. The molecule has 0 saturated carbocycles. The lowest BCUT2D eigenvalue weighted by Gasteiger charge is -2.09. The highest BCUT2D eigenvalue weighted by molar-refractivity contribution is 8.00. The van der Waals surface area contributed by atoms with Crippen molar-refractivity contribution in [3.05, 3.63) is 64.7 Å². The molecule has 130 valence electrons. The molecule has 0 unspecified atom stereocenters. The van der Waals surface area contributed by atoms with Crippen LogP contribution in [0.25, 0.3) is 10.9 Å². The number of pyridine rings is 1. The van der Waals surface area contributed by atoms with E-state index in [1.807, 2.05) is 57.2 Å². The third-order valence-corrected chi connectivity index (χ3v) is 4.90. The molecule has 1 N–H and O–H groups in total. The molecule has 0 aliphatic heterocycles. The molecule has 5 heteroatoms. The number of nitrogens with one attached hydrogen (secondary N) is 1. The number of benzene rings is 2. The first-order valence-corrected chi connectivity index (χ1v) is 9.25. The first-order valence-electron chi connectivity index (χ1n) is 8.27. The van der Waals surface area contributed by atoms with E-state index in [1.165, 1.54) is 11.8 Å². The minimum atomic E-state index is -0.116. The predicted octanol–water partition coefficient (Wildman–Crippen LogP) is 4.76. The van der Waals surface area contributed by atoms with Gasteiger partial charge in [-0.15, -0.1) is 0 Å². The highest BCUT2D eigenvalue weighted by Crippen LogP contribution is 2.25. The number of aryl methyl sites for hydroxylation is 3. The zero-order valence-electron chi connectivity index (χ0n) is 15.0. The lowest BCUT2D eigenvalue weighted by Crippen LogP contribution is -2.14. The standard InChI is InChI=1S/C21H19N3OS/c1-13-4-5-16-10-17(11-22)21(24-19(16)9-13)26-12-20(25)23-18-7-14(2)6-15(3)8-18/h4-10H,12H2,1-3H3,(H,23,25). The van der Waals surface area contributed by atoms with Crippen LogP contribution in [0.15, 0.2) is 47.5 Å². The molecule has 3 aromatic rings. The molecule has 0 aliphatic rings. The Morgan fingerprint density at radius 3 is 2.50 bits per heavy atom. The molecule has 0 spiro atoms. The van der Waals surface area contributed by atoms with Crippen molar-refractivity contribution >= 4 is 34.3 Å². The topological polar surface area (TPSA) is 65.8 Å². The minimum absolute atomic E-state index is 0.116. The van der Waals surface area contributed by atoms with E-state index in [4.69, 9.17) is 0 Å². The smallest absolute Gasteiger partial charge is 0.234 e. The van der Waals surface area contributed by atoms with Crippen LogP contribution in [0.5, 0.6) is 0 Å². The molecule has 0 bridgehead atoms. The van der Waals surface area contributed by atoms with Crippen LogP contribution in [-0.4, -0.2) is 16.6 Å². The molecule has 26 heavy (non-hydrogen) atoms. The lowest BCUT2D eigenvalue weighted by molar-refractivity contribution is -0.113. The van der Waals surface area contributed by atoms with Crippen molar-refractivity contribution in [2.24, 2.45) is 0 Å². The van der Waals surface area contributed by atoms with Gasteiger partial charge < -0.3 is 5.32 Å². The molecule has 0 saturated heterocycles. The Balaban J connectivity index is 1.76. The maximum absolute atomic E-state index is 12.3. The second kappa shape index (κ2) is 7.59. The summed E-state index contributed by atoms with van der Waals surface area (Å²) in [6.07, 6.45) is 0. The van der Waals surface area contributed by atoms with Gasteiger partial charge >= 0.3 is 0 Å². The predicted molar refractivity (Wildman–Crippen MR) is 106 cm³/mol. The van der Waals surface area contributed by atoms with E-state index in [0.29, 0.717) is 10.6 Å². The number of hydrogen-bond acceptors (Lipinski definition) is 4. The van der Waals surface area contributed by atoms with Gasteiger partial charge in [-0.1, -0.05) is 30.0 Å². The van der Waals surface area contributed by atoms with Crippen molar-refractivity contribution in [2.75, 3.05) is 11.1 Å². The molecular weight excluding hydrogens is 342 g/mol. The second-order valence-electron chi connectivity index (χ2n) is 6.36. The van der Waals surface area contributed by atoms with E-state index >= 15 is 0 Å². The van der Waals surface area contributed by atoms with Crippen LogP contribution in [0.2, 0.25) is 0 Å². The van der Waals surface area contributed by atoms with Gasteiger partial charge in [-0.25, -0.2) is 4.98 Å². The number of amides is 1. The molecule has 1 heterocycles. The number of hydrogen-bond donors (Lipinski definition) is 1. The van der Waals surface area contributed by atoms with Gasteiger partial charge in [0, 0.05) is 11.1 Å². The first-order chi connectivity index (χ1) is 12.4. The highest BCUT2D eigenvalue weighted by Gasteiger charge is 2.11. The number of aromatic nitrogens is 1. The molecule has 0 atom stereocenters. The van der Waals surface area contributed by atoms with E-state index < -0.39 is 0 Å². The molecule has 2 aromatic carbocycles. The Labute approximate surface area is 157 Å². The Kier molecular flexibility index (Phi) is 5.24. The minimum Gasteiger partial charge on any atom is -0.325 e. The Morgan fingerprint density at radius 2 is 1.81 bits per heavy atom. The number of nitriles is 1. The molecule has 0 aliphatic carbocycles. The van der Waals surface area contributed by atoms with E-state index in [0.717, 1.165) is 33.3 Å². The van der Waals surface area contributed by atoms with Crippen LogP contribution in [0, 0.1) is 32.1 Å². The molecule has 4 nitrogen and oxygen atoms in total. The number of fused-ring (bicyclic) bond motifs is 1. The van der Waals surface area contributed by atoms with Crippen molar-refractivity contribution in [1.82, 2.24) is 4.98 Å². The summed E-state index contributed by atoms with van der Waals surface area (Å²) in [5.74, 6) is 0.0847. The summed E-state index contributed by atoms with van der Waals surface area (Å²) in [6.45, 7) is 6.00. The van der Waals surface area contributed by atoms with Gasteiger partial charge in [-0.3, -0.25) is 4.79 Å². The Morgan fingerprint density at radius 1 is 1.08 bits per heavy atom. The SMILES string of the molecule is Cc1cc(C)cc(NC(=O)CSc2nc3cc(C)ccc3cc2C#N)c1. The number of rotatable bonds is 4. The number of anilines is 1. The van der Waals surface area contributed by atoms with Gasteiger partial charge in [0.25, 0.3) is 0 Å². The van der Waals surface area contributed by atoms with Gasteiger partial charge in [0.2, 0.25) is 5.91 Å². The molecule has 3 rings (SSSR count). The summed E-state index contributed by atoms with van der Waals surface area (Å²) in [6, 6.07) is 15.9. The van der Waals surface area contributed by atoms with Gasteiger partial charge in [0.05, 0.1) is 16.8 Å². The van der Waals surface area contributed by atoms with Crippen molar-refractivity contribution in [1.29, 1.82) is 5.26 Å². The van der Waals surface area contributed by atoms with Gasteiger partial charge in [-0.05, 0) is 61.7 Å². The normalized spacial score (nSPS) is 10.5. The summed E-state index contributed by atoms with van der Waals surface area (Å²) in [5, 5.41) is 13.8. The van der Waals surface area contributed by atoms with Crippen LogP contribution in [0.1, 0.15) is 22.3 Å². The average Bonchev–Trinajstić information content (AvgIpc) is 2.58. The fourth-order valence-electron chi connectivity index (χ4n) is 2.83. The summed E-state index contributed by atoms with van der Waals surface area (Å²) >= 11 is 1.28.